The van der Waals surface area contributed by atoms with E-state index in [9.17, 15) is 0 Å². The van der Waals surface area contributed by atoms with Gasteiger partial charge < -0.3 is 10.5 Å². The summed E-state index contributed by atoms with van der Waals surface area (Å²) in [6, 6.07) is 5.59. The van der Waals surface area contributed by atoms with Gasteiger partial charge in [-0.1, -0.05) is 29.3 Å². The molecule has 1 saturated heterocycles. The standard InChI is InChI=1S/C15H22Cl2N2O/c1-10-8-19(9-15(2,3)20-10)13(7-18)14-11(16)5-4-6-12(14)17/h4-6,10,13H,7-9,18H2,1-3H3. The van der Waals surface area contributed by atoms with Crippen molar-refractivity contribution in [3.05, 3.63) is 33.8 Å². The van der Waals surface area contributed by atoms with Gasteiger partial charge in [-0.2, -0.15) is 0 Å². The normalized spacial score (nSPS) is 24.6. The van der Waals surface area contributed by atoms with Crippen LogP contribution < -0.4 is 5.73 Å². The Morgan fingerprint density at radius 2 is 2.00 bits per heavy atom. The highest BCUT2D eigenvalue weighted by atomic mass is 35.5. The first kappa shape index (κ1) is 16.1. The van der Waals surface area contributed by atoms with Crippen LogP contribution in [0, 0.1) is 0 Å². The van der Waals surface area contributed by atoms with Gasteiger partial charge >= 0.3 is 0 Å². The van der Waals surface area contributed by atoms with Crippen molar-refractivity contribution in [1.82, 2.24) is 4.90 Å². The lowest BCUT2D eigenvalue weighted by atomic mass is 9.99. The smallest absolute Gasteiger partial charge is 0.0757 e. The Morgan fingerprint density at radius 3 is 2.50 bits per heavy atom. The number of nitrogens with zero attached hydrogens (tertiary/aromatic N) is 1. The van der Waals surface area contributed by atoms with E-state index in [0.717, 1.165) is 18.7 Å². The number of ether oxygens (including phenoxy) is 1. The van der Waals surface area contributed by atoms with Gasteiger partial charge in [0.25, 0.3) is 0 Å². The molecule has 2 N–H and O–H groups in total. The van der Waals surface area contributed by atoms with Gasteiger partial charge in [-0.3, -0.25) is 4.90 Å². The maximum Gasteiger partial charge on any atom is 0.0757 e. The Hall–Kier alpha value is -0.320. The molecule has 2 unspecified atom stereocenters. The quantitative estimate of drug-likeness (QED) is 0.927. The first-order valence-corrected chi connectivity index (χ1v) is 7.65. The van der Waals surface area contributed by atoms with Crippen LogP contribution in [0.4, 0.5) is 0 Å². The van der Waals surface area contributed by atoms with Crippen molar-refractivity contribution in [3.8, 4) is 0 Å². The molecule has 0 amide bonds. The van der Waals surface area contributed by atoms with Gasteiger partial charge in [-0.05, 0) is 32.9 Å². The van der Waals surface area contributed by atoms with Crippen molar-refractivity contribution in [1.29, 1.82) is 0 Å². The van der Waals surface area contributed by atoms with Gasteiger partial charge in [0.15, 0.2) is 0 Å². The molecule has 1 aromatic rings. The van der Waals surface area contributed by atoms with Crippen LogP contribution in [0.1, 0.15) is 32.4 Å². The second-order valence-corrected chi connectivity index (χ2v) is 6.82. The summed E-state index contributed by atoms with van der Waals surface area (Å²) in [4.78, 5) is 2.32. The summed E-state index contributed by atoms with van der Waals surface area (Å²) in [5.41, 5.74) is 6.73. The lowest BCUT2D eigenvalue weighted by Crippen LogP contribution is -2.54. The highest BCUT2D eigenvalue weighted by molar-refractivity contribution is 6.36. The Morgan fingerprint density at radius 1 is 1.40 bits per heavy atom. The van der Waals surface area contributed by atoms with Gasteiger partial charge in [-0.15, -0.1) is 0 Å². The molecule has 1 fully saturated rings. The van der Waals surface area contributed by atoms with Crippen molar-refractivity contribution in [3.63, 3.8) is 0 Å². The van der Waals surface area contributed by atoms with E-state index in [1.54, 1.807) is 0 Å². The van der Waals surface area contributed by atoms with Gasteiger partial charge in [0.1, 0.15) is 0 Å². The average molecular weight is 317 g/mol. The third-order valence-corrected chi connectivity index (χ3v) is 4.25. The van der Waals surface area contributed by atoms with Crippen molar-refractivity contribution >= 4 is 23.2 Å². The molecule has 1 heterocycles. The number of rotatable bonds is 3. The Labute approximate surface area is 131 Å². The van der Waals surface area contributed by atoms with E-state index in [4.69, 9.17) is 33.7 Å². The number of halogens is 2. The van der Waals surface area contributed by atoms with Crippen LogP contribution in [0.5, 0.6) is 0 Å². The summed E-state index contributed by atoms with van der Waals surface area (Å²) in [5, 5.41) is 1.34. The Bertz CT molecular complexity index is 459. The van der Waals surface area contributed by atoms with Crippen LogP contribution in [-0.2, 0) is 4.74 Å². The number of hydrogen-bond donors (Lipinski definition) is 1. The third-order valence-electron chi connectivity index (χ3n) is 3.59. The fourth-order valence-corrected chi connectivity index (χ4v) is 3.67. The first-order valence-electron chi connectivity index (χ1n) is 6.90. The molecule has 0 radical (unpaired) electrons. The van der Waals surface area contributed by atoms with Crippen LogP contribution in [0.15, 0.2) is 18.2 Å². The zero-order chi connectivity index (χ0) is 14.9. The fraction of sp³-hybridized carbons (Fsp3) is 0.600. The molecular formula is C15H22Cl2N2O. The molecule has 0 aromatic heterocycles. The van der Waals surface area contributed by atoms with Crippen molar-refractivity contribution in [2.24, 2.45) is 5.73 Å². The van der Waals surface area contributed by atoms with Crippen molar-refractivity contribution in [2.75, 3.05) is 19.6 Å². The minimum Gasteiger partial charge on any atom is -0.370 e. The zero-order valence-corrected chi connectivity index (χ0v) is 13.7. The molecule has 0 aliphatic carbocycles. The molecule has 0 bridgehead atoms. The molecule has 1 aliphatic heterocycles. The highest BCUT2D eigenvalue weighted by Gasteiger charge is 2.35. The van der Waals surface area contributed by atoms with Gasteiger partial charge in [0.05, 0.1) is 17.7 Å². The van der Waals surface area contributed by atoms with Crippen molar-refractivity contribution in [2.45, 2.75) is 38.5 Å². The fourth-order valence-electron chi connectivity index (χ4n) is 3.02. The van der Waals surface area contributed by atoms with E-state index < -0.39 is 0 Å². The minimum atomic E-state index is -0.196. The van der Waals surface area contributed by atoms with Crippen LogP contribution in [0.3, 0.4) is 0 Å². The summed E-state index contributed by atoms with van der Waals surface area (Å²) in [7, 11) is 0. The number of nitrogens with two attached hydrogens (primary N) is 1. The monoisotopic (exact) mass is 316 g/mol. The van der Waals surface area contributed by atoms with E-state index >= 15 is 0 Å². The summed E-state index contributed by atoms with van der Waals surface area (Å²) >= 11 is 12.7. The third kappa shape index (κ3) is 3.46. The maximum absolute atomic E-state index is 6.33. The molecule has 2 rings (SSSR count). The van der Waals surface area contributed by atoms with Crippen LogP contribution in [0.2, 0.25) is 10.0 Å². The maximum atomic E-state index is 6.33. The van der Waals surface area contributed by atoms with E-state index in [1.165, 1.54) is 0 Å². The summed E-state index contributed by atoms with van der Waals surface area (Å²) in [5.74, 6) is 0. The van der Waals surface area contributed by atoms with E-state index in [0.29, 0.717) is 16.6 Å². The highest BCUT2D eigenvalue weighted by Crippen LogP contribution is 2.35. The van der Waals surface area contributed by atoms with Crippen LogP contribution >= 0.6 is 23.2 Å². The predicted octanol–water partition coefficient (Wildman–Crippen LogP) is 3.49. The lowest BCUT2D eigenvalue weighted by molar-refractivity contribution is -0.137. The van der Waals surface area contributed by atoms with E-state index in [-0.39, 0.29) is 17.7 Å². The number of morpholine rings is 1. The largest absolute Gasteiger partial charge is 0.370 e. The zero-order valence-electron chi connectivity index (χ0n) is 12.2. The molecular weight excluding hydrogens is 295 g/mol. The average Bonchev–Trinajstić information content (AvgIpc) is 2.31. The van der Waals surface area contributed by atoms with Gasteiger partial charge in [0, 0.05) is 35.2 Å². The summed E-state index contributed by atoms with van der Waals surface area (Å²) in [6.45, 7) is 8.38. The number of hydrogen-bond acceptors (Lipinski definition) is 3. The molecule has 0 spiro atoms. The molecule has 1 aliphatic rings. The molecule has 3 nitrogen and oxygen atoms in total. The Kier molecular flexibility index (Phi) is 4.98. The minimum absolute atomic E-state index is 0.0156. The number of benzene rings is 1. The summed E-state index contributed by atoms with van der Waals surface area (Å²) < 4.78 is 5.95. The molecule has 5 heteroatoms. The van der Waals surface area contributed by atoms with Crippen LogP contribution in [-0.4, -0.2) is 36.2 Å². The lowest BCUT2D eigenvalue weighted by Gasteiger charge is -2.45. The van der Waals surface area contributed by atoms with Gasteiger partial charge in [-0.25, -0.2) is 0 Å². The molecule has 112 valence electrons. The van der Waals surface area contributed by atoms with Gasteiger partial charge in [0.2, 0.25) is 0 Å². The molecule has 0 saturated carbocycles. The molecule has 2 atom stereocenters. The van der Waals surface area contributed by atoms with E-state index in [1.807, 2.05) is 18.2 Å². The van der Waals surface area contributed by atoms with Crippen LogP contribution in [0.25, 0.3) is 0 Å². The SMILES string of the molecule is CC1CN(C(CN)c2c(Cl)cccc2Cl)CC(C)(C)O1. The second-order valence-electron chi connectivity index (χ2n) is 6.00. The second kappa shape index (κ2) is 6.20. The molecule has 1 aromatic carbocycles. The topological polar surface area (TPSA) is 38.5 Å². The Balaban J connectivity index is 2.32. The van der Waals surface area contributed by atoms with Crippen molar-refractivity contribution < 1.29 is 4.74 Å². The first-order chi connectivity index (χ1) is 9.34. The predicted molar refractivity (Wildman–Crippen MR) is 84.5 cm³/mol. The summed E-state index contributed by atoms with van der Waals surface area (Å²) in [6.07, 6.45) is 0.161. The van der Waals surface area contributed by atoms with E-state index in [2.05, 4.69) is 25.7 Å². The molecule has 20 heavy (non-hydrogen) atoms.